The number of rotatable bonds is 4. The summed E-state index contributed by atoms with van der Waals surface area (Å²) in [7, 11) is 3.83. The van der Waals surface area contributed by atoms with Crippen LogP contribution in [-0.4, -0.2) is 59.7 Å². The molecule has 2 atom stereocenters. The molecule has 1 aliphatic rings. The van der Waals surface area contributed by atoms with Gasteiger partial charge in [0.25, 0.3) is 0 Å². The van der Waals surface area contributed by atoms with Gasteiger partial charge < -0.3 is 14.8 Å². The van der Waals surface area contributed by atoms with Crippen LogP contribution in [0.2, 0.25) is 0 Å². The second kappa shape index (κ2) is 15.8. The van der Waals surface area contributed by atoms with Crippen LogP contribution in [0.15, 0.2) is 60.8 Å². The van der Waals surface area contributed by atoms with E-state index in [0.717, 1.165) is 34.9 Å². The number of fused-ring (bicyclic) bond motifs is 8. The number of nitrogens with one attached hydrogen (secondary N) is 1. The summed E-state index contributed by atoms with van der Waals surface area (Å²) < 4.78 is 41.4. The van der Waals surface area contributed by atoms with E-state index in [1.165, 1.54) is 18.2 Å². The number of carboxylic acid groups (broad SMARTS) is 1. The Bertz CT molecular complexity index is 2010. The van der Waals surface area contributed by atoms with Crippen molar-refractivity contribution in [3.05, 3.63) is 94.9 Å². The van der Waals surface area contributed by atoms with E-state index in [2.05, 4.69) is 55.8 Å². The van der Waals surface area contributed by atoms with Crippen molar-refractivity contribution in [3.63, 3.8) is 0 Å². The molecule has 0 radical (unpaired) electrons. The molecule has 0 fully saturated rings. The number of ether oxygens (including phenoxy) is 1. The number of aromatic nitrogens is 4. The van der Waals surface area contributed by atoms with Crippen molar-refractivity contribution in [2.75, 3.05) is 19.1 Å². The maximum atomic E-state index is 15.7. The molecule has 0 saturated heterocycles. The number of benzene rings is 3. The van der Waals surface area contributed by atoms with Crippen LogP contribution in [0, 0.1) is 17.6 Å². The van der Waals surface area contributed by atoms with Gasteiger partial charge in [-0.2, -0.15) is 17.7 Å². The molecular formula is C39H47F2N5O3S2. The number of thiol groups is 1. The van der Waals surface area contributed by atoms with Crippen LogP contribution in [0.4, 0.5) is 8.78 Å². The molecule has 2 N–H and O–H groups in total. The van der Waals surface area contributed by atoms with Crippen LogP contribution in [0.3, 0.4) is 0 Å². The standard InChI is InChI=1S/C38H43F2N5O3S.CH4S/c1-23(35(46)47)19-24-9-7-10-25(20-24)38(4)16-8-15-37(2,3)45(6)49-18-14-28-27-13-17-41-32(27)22-31(40)33(28)48-26-11-12-30(39)29(21-26)34-42-36(38)43-44(34)5;1-2/h7,9-13,17,20-23,41H,8,14-16,18-19H2,1-6H3,(H,46,47);2H,1H3/t23-,38?;/m0./s1. The Kier molecular flexibility index (Phi) is 11.9. The fraction of sp³-hybridized carbons (Fsp3) is 0.410. The van der Waals surface area contributed by atoms with Crippen molar-refractivity contribution in [1.29, 1.82) is 0 Å². The van der Waals surface area contributed by atoms with E-state index in [1.54, 1.807) is 49.1 Å². The number of aliphatic carboxylic acids is 1. The molecule has 8 nitrogen and oxygen atoms in total. The molecule has 2 aromatic heterocycles. The van der Waals surface area contributed by atoms with Gasteiger partial charge in [-0.25, -0.2) is 22.8 Å². The fourth-order valence-electron chi connectivity index (χ4n) is 6.65. The maximum absolute atomic E-state index is 15.7. The summed E-state index contributed by atoms with van der Waals surface area (Å²) in [6, 6.07) is 15.7. The van der Waals surface area contributed by atoms with Gasteiger partial charge in [0.2, 0.25) is 0 Å². The van der Waals surface area contributed by atoms with Gasteiger partial charge in [0, 0.05) is 47.1 Å². The molecule has 1 unspecified atom stereocenters. The Morgan fingerprint density at radius 3 is 2.59 bits per heavy atom. The monoisotopic (exact) mass is 735 g/mol. The van der Waals surface area contributed by atoms with E-state index in [-0.39, 0.29) is 22.6 Å². The lowest BCUT2D eigenvalue weighted by atomic mass is 9.75. The normalized spacial score (nSPS) is 18.8. The average Bonchev–Trinajstić information content (AvgIpc) is 3.73. The molecule has 6 rings (SSSR count). The summed E-state index contributed by atoms with van der Waals surface area (Å²) in [5.74, 6) is -0.418. The number of hydrogen-bond acceptors (Lipinski definition) is 7. The lowest BCUT2D eigenvalue weighted by Crippen LogP contribution is -2.37. The van der Waals surface area contributed by atoms with Crippen LogP contribution in [-0.2, 0) is 30.1 Å². The summed E-state index contributed by atoms with van der Waals surface area (Å²) in [5, 5.41) is 15.3. The number of hydrogen-bond donors (Lipinski definition) is 3. The van der Waals surface area contributed by atoms with Gasteiger partial charge in [0.15, 0.2) is 23.2 Å². The summed E-state index contributed by atoms with van der Waals surface area (Å²) in [6.45, 7) is 8.25. The summed E-state index contributed by atoms with van der Waals surface area (Å²) in [5.41, 5.74) is 2.67. The third-order valence-corrected chi connectivity index (χ3v) is 11.3. The smallest absolute Gasteiger partial charge is 0.306 e. The zero-order valence-electron chi connectivity index (χ0n) is 30.3. The zero-order chi connectivity index (χ0) is 37.1. The van der Waals surface area contributed by atoms with Crippen LogP contribution < -0.4 is 4.74 Å². The molecule has 51 heavy (non-hydrogen) atoms. The second-order valence-electron chi connectivity index (χ2n) is 14.0. The number of aryl methyl sites for hydroxylation is 2. The van der Waals surface area contributed by atoms with Crippen molar-refractivity contribution >= 4 is 41.4 Å². The lowest BCUT2D eigenvalue weighted by molar-refractivity contribution is -0.141. The molecule has 272 valence electrons. The topological polar surface area (TPSA) is 96.3 Å². The van der Waals surface area contributed by atoms with Crippen molar-refractivity contribution < 1.29 is 23.4 Å². The van der Waals surface area contributed by atoms with Crippen molar-refractivity contribution in [2.45, 2.75) is 70.8 Å². The first-order valence-electron chi connectivity index (χ1n) is 17.1. The van der Waals surface area contributed by atoms with Gasteiger partial charge in [-0.3, -0.25) is 4.79 Å². The van der Waals surface area contributed by atoms with Gasteiger partial charge in [0.05, 0.1) is 16.9 Å². The van der Waals surface area contributed by atoms with Crippen LogP contribution in [0.25, 0.3) is 22.3 Å². The summed E-state index contributed by atoms with van der Waals surface area (Å²) in [6.07, 6.45) is 6.86. The molecule has 0 saturated carbocycles. The molecule has 4 bridgehead atoms. The van der Waals surface area contributed by atoms with Gasteiger partial charge >= 0.3 is 5.97 Å². The molecular weight excluding hydrogens is 689 g/mol. The molecule has 0 spiro atoms. The van der Waals surface area contributed by atoms with E-state index in [0.29, 0.717) is 42.2 Å². The molecule has 0 amide bonds. The van der Waals surface area contributed by atoms with Crippen LogP contribution in [0.5, 0.6) is 11.5 Å². The SMILES string of the molecule is CS.C[C@@H](Cc1cccc(C2(C)CCCC(C)(C)N(C)SCCc3c(c(F)cc4[nH]ccc34)Oc3ccc(F)c(c3)-c3nc2nn3C)c1)C(=O)O. The highest BCUT2D eigenvalue weighted by Gasteiger charge is 2.36. The molecule has 3 aromatic carbocycles. The first-order chi connectivity index (χ1) is 24.3. The van der Waals surface area contributed by atoms with E-state index in [9.17, 15) is 9.90 Å². The number of halogens is 2. The Morgan fingerprint density at radius 2 is 1.84 bits per heavy atom. The maximum Gasteiger partial charge on any atom is 0.306 e. The minimum atomic E-state index is -0.842. The number of aromatic amines is 1. The Hall–Kier alpha value is -3.87. The number of nitrogens with zero attached hydrogens (tertiary/aromatic N) is 4. The summed E-state index contributed by atoms with van der Waals surface area (Å²) >= 11 is 5.23. The largest absolute Gasteiger partial charge is 0.481 e. The van der Waals surface area contributed by atoms with Crippen molar-refractivity contribution in [1.82, 2.24) is 24.1 Å². The Balaban J connectivity index is 0.00000248. The third-order valence-electron chi connectivity index (χ3n) is 10.0. The second-order valence-corrected chi connectivity index (χ2v) is 15.2. The Morgan fingerprint density at radius 1 is 1.08 bits per heavy atom. The minimum Gasteiger partial charge on any atom is -0.481 e. The molecule has 3 heterocycles. The van der Waals surface area contributed by atoms with Crippen molar-refractivity contribution in [3.8, 4) is 22.9 Å². The van der Waals surface area contributed by atoms with Crippen molar-refractivity contribution in [2.24, 2.45) is 13.0 Å². The van der Waals surface area contributed by atoms with Gasteiger partial charge in [-0.05, 0) is 95.2 Å². The van der Waals surface area contributed by atoms with Gasteiger partial charge in [-0.15, -0.1) is 0 Å². The van der Waals surface area contributed by atoms with E-state index in [4.69, 9.17) is 14.8 Å². The average molecular weight is 736 g/mol. The summed E-state index contributed by atoms with van der Waals surface area (Å²) in [4.78, 5) is 19.7. The van der Waals surface area contributed by atoms with Crippen LogP contribution >= 0.6 is 24.6 Å². The molecule has 5 aromatic rings. The number of carboxylic acids is 1. The van der Waals surface area contributed by atoms with Gasteiger partial charge in [0.1, 0.15) is 11.6 Å². The number of carbonyl (C=O) groups is 1. The van der Waals surface area contributed by atoms with Crippen LogP contribution in [0.1, 0.15) is 69.5 Å². The highest BCUT2D eigenvalue weighted by atomic mass is 32.2. The fourth-order valence-corrected chi connectivity index (χ4v) is 7.66. The molecule has 12 heteroatoms. The predicted octanol–water partition coefficient (Wildman–Crippen LogP) is 9.23. The first-order valence-corrected chi connectivity index (χ1v) is 18.9. The molecule has 1 aliphatic heterocycles. The Labute approximate surface area is 308 Å². The lowest BCUT2D eigenvalue weighted by Gasteiger charge is -2.36. The van der Waals surface area contributed by atoms with Gasteiger partial charge in [-0.1, -0.05) is 49.6 Å². The number of H-pyrrole nitrogens is 1. The van der Waals surface area contributed by atoms with E-state index in [1.807, 2.05) is 24.3 Å². The van der Waals surface area contributed by atoms with E-state index >= 15 is 8.78 Å². The highest BCUT2D eigenvalue weighted by Crippen LogP contribution is 2.41. The zero-order valence-corrected chi connectivity index (χ0v) is 32.0. The quantitative estimate of drug-likeness (QED) is 0.125. The first kappa shape index (κ1) is 38.4. The highest BCUT2D eigenvalue weighted by molar-refractivity contribution is 7.97. The third kappa shape index (κ3) is 8.13. The molecule has 0 aliphatic carbocycles. The predicted molar refractivity (Wildman–Crippen MR) is 205 cm³/mol. The van der Waals surface area contributed by atoms with E-state index < -0.39 is 28.9 Å². The minimum absolute atomic E-state index is 0.122.